The van der Waals surface area contributed by atoms with Crippen molar-refractivity contribution in [2.45, 2.75) is 38.3 Å². The number of nitrogens with zero attached hydrogens (tertiary/aromatic N) is 4. The standard InChI is InChI=1S/C14H19N5O/c1-9-6-15-13(18-9)7-19(2)14-5-12(16-8-17-14)10-3-11(20)4-10/h5-6,8,10-11,20H,3-4,7H2,1-2H3,(H,15,18). The minimum absolute atomic E-state index is 0.165. The second-order valence-electron chi connectivity index (χ2n) is 5.49. The summed E-state index contributed by atoms with van der Waals surface area (Å²) in [5.41, 5.74) is 2.07. The summed E-state index contributed by atoms with van der Waals surface area (Å²) in [7, 11) is 1.99. The molecule has 2 heterocycles. The van der Waals surface area contributed by atoms with Gasteiger partial charge < -0.3 is 15.0 Å². The quantitative estimate of drug-likeness (QED) is 0.880. The number of aromatic nitrogens is 4. The molecule has 0 aliphatic heterocycles. The van der Waals surface area contributed by atoms with Gasteiger partial charge in [0.15, 0.2) is 0 Å². The van der Waals surface area contributed by atoms with E-state index in [9.17, 15) is 5.11 Å². The van der Waals surface area contributed by atoms with Gasteiger partial charge in [0, 0.05) is 36.6 Å². The third-order valence-corrected chi connectivity index (χ3v) is 3.74. The van der Waals surface area contributed by atoms with Gasteiger partial charge in [-0.3, -0.25) is 0 Å². The van der Waals surface area contributed by atoms with Gasteiger partial charge in [-0.25, -0.2) is 15.0 Å². The van der Waals surface area contributed by atoms with E-state index in [4.69, 9.17) is 0 Å². The topological polar surface area (TPSA) is 77.9 Å². The SMILES string of the molecule is Cc1cnc(CN(C)c2cc(C3CC(O)C3)ncn2)[nH]1. The van der Waals surface area contributed by atoms with Gasteiger partial charge in [0.05, 0.1) is 12.6 Å². The highest BCUT2D eigenvalue weighted by Gasteiger charge is 2.29. The molecule has 1 aliphatic carbocycles. The van der Waals surface area contributed by atoms with E-state index in [1.807, 2.05) is 31.1 Å². The summed E-state index contributed by atoms with van der Waals surface area (Å²) in [6.07, 6.45) is 4.86. The molecule has 6 nitrogen and oxygen atoms in total. The monoisotopic (exact) mass is 273 g/mol. The number of hydrogen-bond donors (Lipinski definition) is 2. The Bertz CT molecular complexity index is 591. The lowest BCUT2D eigenvalue weighted by Gasteiger charge is -2.31. The van der Waals surface area contributed by atoms with Gasteiger partial charge in [-0.1, -0.05) is 0 Å². The molecule has 106 valence electrons. The molecule has 2 aromatic heterocycles. The molecule has 1 aliphatic rings. The molecular weight excluding hydrogens is 254 g/mol. The number of aliphatic hydroxyl groups excluding tert-OH is 1. The Morgan fingerprint density at radius 3 is 2.80 bits per heavy atom. The van der Waals surface area contributed by atoms with Crippen LogP contribution >= 0.6 is 0 Å². The second kappa shape index (κ2) is 5.20. The minimum Gasteiger partial charge on any atom is -0.393 e. The molecule has 1 fully saturated rings. The van der Waals surface area contributed by atoms with Crippen LogP contribution in [0.3, 0.4) is 0 Å². The van der Waals surface area contributed by atoms with Crippen molar-refractivity contribution < 1.29 is 5.11 Å². The van der Waals surface area contributed by atoms with E-state index in [1.54, 1.807) is 6.33 Å². The molecule has 0 atom stereocenters. The molecule has 0 bridgehead atoms. The van der Waals surface area contributed by atoms with Crippen molar-refractivity contribution in [1.29, 1.82) is 0 Å². The van der Waals surface area contributed by atoms with Gasteiger partial charge in [-0.2, -0.15) is 0 Å². The molecule has 1 saturated carbocycles. The zero-order valence-electron chi connectivity index (χ0n) is 11.7. The number of H-pyrrole nitrogens is 1. The molecule has 2 N–H and O–H groups in total. The number of aromatic amines is 1. The smallest absolute Gasteiger partial charge is 0.132 e. The van der Waals surface area contributed by atoms with E-state index in [1.165, 1.54) is 0 Å². The average molecular weight is 273 g/mol. The fraction of sp³-hybridized carbons (Fsp3) is 0.500. The van der Waals surface area contributed by atoms with Gasteiger partial charge in [-0.15, -0.1) is 0 Å². The van der Waals surface area contributed by atoms with Crippen LogP contribution < -0.4 is 4.90 Å². The van der Waals surface area contributed by atoms with Crippen molar-refractivity contribution in [1.82, 2.24) is 19.9 Å². The molecule has 0 aromatic carbocycles. The van der Waals surface area contributed by atoms with E-state index in [-0.39, 0.29) is 6.10 Å². The zero-order valence-corrected chi connectivity index (χ0v) is 11.7. The normalized spacial score (nSPS) is 21.6. The summed E-state index contributed by atoms with van der Waals surface area (Å²) in [5, 5.41) is 9.39. The highest BCUT2D eigenvalue weighted by molar-refractivity contribution is 5.39. The Kier molecular flexibility index (Phi) is 3.40. The molecule has 0 spiro atoms. The first kappa shape index (κ1) is 13.1. The van der Waals surface area contributed by atoms with Crippen molar-refractivity contribution in [3.63, 3.8) is 0 Å². The number of rotatable bonds is 4. The van der Waals surface area contributed by atoms with Crippen LogP contribution in [0.25, 0.3) is 0 Å². The van der Waals surface area contributed by atoms with E-state index >= 15 is 0 Å². The number of aliphatic hydroxyl groups is 1. The van der Waals surface area contributed by atoms with Crippen molar-refractivity contribution in [2.24, 2.45) is 0 Å². The van der Waals surface area contributed by atoms with E-state index in [0.717, 1.165) is 35.9 Å². The first-order chi connectivity index (χ1) is 9.61. The van der Waals surface area contributed by atoms with Crippen molar-refractivity contribution in [3.8, 4) is 0 Å². The summed E-state index contributed by atoms with van der Waals surface area (Å²) in [6, 6.07) is 2.01. The summed E-state index contributed by atoms with van der Waals surface area (Å²) in [6.45, 7) is 2.67. The molecule has 2 aromatic rings. The van der Waals surface area contributed by atoms with Gasteiger partial charge >= 0.3 is 0 Å². The molecule has 3 rings (SSSR count). The lowest BCUT2D eigenvalue weighted by Crippen LogP contribution is -2.27. The Morgan fingerprint density at radius 1 is 1.35 bits per heavy atom. The summed E-state index contributed by atoms with van der Waals surface area (Å²) < 4.78 is 0. The van der Waals surface area contributed by atoms with Gasteiger partial charge in [0.2, 0.25) is 0 Å². The van der Waals surface area contributed by atoms with E-state index < -0.39 is 0 Å². The van der Waals surface area contributed by atoms with Crippen LogP contribution in [-0.2, 0) is 6.54 Å². The fourth-order valence-electron chi connectivity index (χ4n) is 2.48. The Balaban J connectivity index is 1.71. The average Bonchev–Trinajstić information content (AvgIpc) is 2.80. The maximum Gasteiger partial charge on any atom is 0.132 e. The number of hydrogen-bond acceptors (Lipinski definition) is 5. The third-order valence-electron chi connectivity index (χ3n) is 3.74. The van der Waals surface area contributed by atoms with Gasteiger partial charge in [0.25, 0.3) is 0 Å². The van der Waals surface area contributed by atoms with Crippen molar-refractivity contribution in [3.05, 3.63) is 35.8 Å². The van der Waals surface area contributed by atoms with E-state index in [0.29, 0.717) is 12.5 Å². The maximum atomic E-state index is 9.39. The van der Waals surface area contributed by atoms with Crippen LogP contribution in [0.4, 0.5) is 5.82 Å². The van der Waals surface area contributed by atoms with Crippen LogP contribution in [0.1, 0.15) is 36.0 Å². The lowest BCUT2D eigenvalue weighted by molar-refractivity contribution is 0.0732. The minimum atomic E-state index is -0.165. The van der Waals surface area contributed by atoms with Crippen molar-refractivity contribution in [2.75, 3.05) is 11.9 Å². The highest BCUT2D eigenvalue weighted by Crippen LogP contribution is 2.36. The number of imidazole rings is 1. The first-order valence-electron chi connectivity index (χ1n) is 6.83. The molecule has 0 amide bonds. The fourth-order valence-corrected chi connectivity index (χ4v) is 2.48. The molecule has 20 heavy (non-hydrogen) atoms. The van der Waals surface area contributed by atoms with Crippen LogP contribution in [0.15, 0.2) is 18.6 Å². The maximum absolute atomic E-state index is 9.39. The largest absolute Gasteiger partial charge is 0.393 e. The molecule has 0 saturated heterocycles. The molecule has 0 unspecified atom stereocenters. The van der Waals surface area contributed by atoms with Gasteiger partial charge in [0.1, 0.15) is 18.0 Å². The molecule has 0 radical (unpaired) electrons. The summed E-state index contributed by atoms with van der Waals surface area (Å²) >= 11 is 0. The zero-order chi connectivity index (χ0) is 14.1. The number of nitrogens with one attached hydrogen (secondary N) is 1. The highest BCUT2D eigenvalue weighted by atomic mass is 16.3. The van der Waals surface area contributed by atoms with Crippen LogP contribution in [-0.4, -0.2) is 38.2 Å². The third kappa shape index (κ3) is 2.65. The lowest BCUT2D eigenvalue weighted by atomic mass is 9.80. The summed E-state index contributed by atoms with van der Waals surface area (Å²) in [5.74, 6) is 2.17. The first-order valence-corrected chi connectivity index (χ1v) is 6.83. The van der Waals surface area contributed by atoms with E-state index in [2.05, 4.69) is 19.9 Å². The van der Waals surface area contributed by atoms with Crippen LogP contribution in [0, 0.1) is 6.92 Å². The predicted molar refractivity (Wildman–Crippen MR) is 75.4 cm³/mol. The predicted octanol–water partition coefficient (Wildman–Crippen LogP) is 1.38. The van der Waals surface area contributed by atoms with Crippen LogP contribution in [0.2, 0.25) is 0 Å². The molecule has 6 heteroatoms. The second-order valence-corrected chi connectivity index (χ2v) is 5.49. The van der Waals surface area contributed by atoms with Crippen LogP contribution in [0.5, 0.6) is 0 Å². The Labute approximate surface area is 117 Å². The van der Waals surface area contributed by atoms with Gasteiger partial charge in [-0.05, 0) is 19.8 Å². The number of aryl methyl sites for hydroxylation is 1. The van der Waals surface area contributed by atoms with Crippen molar-refractivity contribution >= 4 is 5.82 Å². The molecular formula is C14H19N5O. The number of anilines is 1. The Hall–Kier alpha value is -1.95. The summed E-state index contributed by atoms with van der Waals surface area (Å²) in [4.78, 5) is 18.2. The Morgan fingerprint density at radius 2 is 2.15 bits per heavy atom.